The van der Waals surface area contributed by atoms with E-state index in [1.807, 2.05) is 0 Å². The van der Waals surface area contributed by atoms with E-state index in [-0.39, 0.29) is 11.6 Å². The van der Waals surface area contributed by atoms with Crippen molar-refractivity contribution in [2.24, 2.45) is 0 Å². The summed E-state index contributed by atoms with van der Waals surface area (Å²) < 4.78 is 44.4. The average Bonchev–Trinajstić information content (AvgIpc) is 3.18. The predicted octanol–water partition coefficient (Wildman–Crippen LogP) is 5.48. The lowest BCUT2D eigenvalue weighted by atomic mass is 10.2. The Kier molecular flexibility index (Phi) is 6.40. The van der Waals surface area contributed by atoms with Gasteiger partial charge in [0.05, 0.1) is 10.6 Å². The number of benzene rings is 2. The fraction of sp³-hybridized carbons (Fsp3) is 0.100. The molecule has 0 saturated heterocycles. The predicted molar refractivity (Wildman–Crippen MR) is 110 cm³/mol. The highest BCUT2D eigenvalue weighted by molar-refractivity contribution is 6.31. The van der Waals surface area contributed by atoms with E-state index in [1.54, 1.807) is 24.3 Å². The first-order valence-electron chi connectivity index (χ1n) is 8.79. The van der Waals surface area contributed by atoms with E-state index >= 15 is 0 Å². The van der Waals surface area contributed by atoms with Crippen molar-refractivity contribution in [3.8, 4) is 11.5 Å². The molecule has 0 saturated carbocycles. The third-order valence-corrected chi connectivity index (χ3v) is 4.34. The zero-order valence-corrected chi connectivity index (χ0v) is 16.7. The number of aromatic nitrogens is 1. The number of anilines is 2. The minimum Gasteiger partial charge on any atom is -0.456 e. The number of aromatic amines is 1. The molecule has 0 atom stereocenters. The fourth-order valence-electron chi connectivity index (χ4n) is 2.56. The second kappa shape index (κ2) is 9.00. The van der Waals surface area contributed by atoms with Crippen molar-refractivity contribution < 1.29 is 27.5 Å². The van der Waals surface area contributed by atoms with Crippen LogP contribution in [0.5, 0.6) is 11.5 Å². The summed E-state index contributed by atoms with van der Waals surface area (Å²) in [6.07, 6.45) is -3.12. The number of nitrogens with one attached hydrogen (secondary N) is 4. The van der Waals surface area contributed by atoms with Crippen molar-refractivity contribution in [1.29, 1.82) is 0 Å². The molecule has 0 bridgehead atoms. The van der Waals surface area contributed by atoms with Gasteiger partial charge in [-0.1, -0.05) is 11.6 Å². The summed E-state index contributed by atoms with van der Waals surface area (Å²) in [6, 6.07) is 10.1. The Morgan fingerprint density at radius 3 is 2.26 bits per heavy atom. The SMILES string of the molecule is CNC(=O)c1cc(Oc2ccc(NC(=O)Nc3ccc(Cl)c(C(F)(F)F)c3)cc2)c[nH]1. The highest BCUT2D eigenvalue weighted by atomic mass is 35.5. The van der Waals surface area contributed by atoms with Crippen molar-refractivity contribution >= 4 is 34.9 Å². The monoisotopic (exact) mass is 452 g/mol. The van der Waals surface area contributed by atoms with Crippen molar-refractivity contribution in [1.82, 2.24) is 10.3 Å². The van der Waals surface area contributed by atoms with Gasteiger partial charge in [0.15, 0.2) is 0 Å². The van der Waals surface area contributed by atoms with Gasteiger partial charge in [-0.25, -0.2) is 4.79 Å². The van der Waals surface area contributed by atoms with Gasteiger partial charge in [-0.3, -0.25) is 4.79 Å². The lowest BCUT2D eigenvalue weighted by Crippen LogP contribution is -2.19. The molecule has 0 aliphatic heterocycles. The van der Waals surface area contributed by atoms with Crippen LogP contribution in [-0.4, -0.2) is 24.0 Å². The van der Waals surface area contributed by atoms with Gasteiger partial charge < -0.3 is 25.7 Å². The lowest BCUT2D eigenvalue weighted by Gasteiger charge is -2.12. The third kappa shape index (κ3) is 5.70. The Morgan fingerprint density at radius 2 is 1.61 bits per heavy atom. The first-order chi connectivity index (χ1) is 14.7. The normalized spacial score (nSPS) is 11.0. The molecule has 0 aliphatic carbocycles. The fourth-order valence-corrected chi connectivity index (χ4v) is 2.78. The van der Waals surface area contributed by atoms with Crippen molar-refractivity contribution in [2.75, 3.05) is 17.7 Å². The molecule has 2 aromatic carbocycles. The van der Waals surface area contributed by atoms with Gasteiger partial charge >= 0.3 is 12.2 Å². The first-order valence-corrected chi connectivity index (χ1v) is 9.16. The number of rotatable bonds is 5. The van der Waals surface area contributed by atoms with Gasteiger partial charge in [0.1, 0.15) is 17.2 Å². The number of H-pyrrole nitrogens is 1. The number of halogens is 4. The standard InChI is InChI=1S/C20H16ClF3N4O3/c1-25-18(29)17-9-14(10-26-17)31-13-5-2-11(3-6-13)27-19(30)28-12-4-7-16(21)15(8-12)20(22,23)24/h2-10,26H,1H3,(H,25,29)(H2,27,28,30). The zero-order chi connectivity index (χ0) is 22.6. The van der Waals surface area contributed by atoms with Gasteiger partial charge in [-0.05, 0) is 42.5 Å². The molecule has 0 radical (unpaired) electrons. The number of urea groups is 1. The number of carbonyl (C=O) groups is 2. The summed E-state index contributed by atoms with van der Waals surface area (Å²) in [4.78, 5) is 26.4. The van der Waals surface area contributed by atoms with Crippen molar-refractivity contribution in [3.05, 3.63) is 71.0 Å². The second-order valence-electron chi connectivity index (χ2n) is 6.23. The number of ether oxygens (including phenoxy) is 1. The lowest BCUT2D eigenvalue weighted by molar-refractivity contribution is -0.137. The van der Waals surface area contributed by atoms with E-state index in [4.69, 9.17) is 16.3 Å². The van der Waals surface area contributed by atoms with Gasteiger partial charge in [0, 0.05) is 30.7 Å². The molecule has 3 amide bonds. The molecule has 11 heteroatoms. The third-order valence-electron chi connectivity index (χ3n) is 4.01. The molecule has 31 heavy (non-hydrogen) atoms. The number of hydrogen-bond donors (Lipinski definition) is 4. The second-order valence-corrected chi connectivity index (χ2v) is 6.63. The molecule has 7 nitrogen and oxygen atoms in total. The Labute approximate surface area is 179 Å². The largest absolute Gasteiger partial charge is 0.456 e. The molecule has 0 unspecified atom stereocenters. The molecular weight excluding hydrogens is 437 g/mol. The summed E-state index contributed by atoms with van der Waals surface area (Å²) in [5.74, 6) is 0.574. The van der Waals surface area contributed by atoms with Crippen LogP contribution in [0.2, 0.25) is 5.02 Å². The van der Waals surface area contributed by atoms with E-state index in [0.717, 1.165) is 12.1 Å². The van der Waals surface area contributed by atoms with E-state index < -0.39 is 22.8 Å². The van der Waals surface area contributed by atoms with Crippen LogP contribution in [0.4, 0.5) is 29.3 Å². The average molecular weight is 453 g/mol. The maximum absolute atomic E-state index is 12.9. The molecule has 0 fully saturated rings. The molecule has 162 valence electrons. The van der Waals surface area contributed by atoms with Gasteiger partial charge in [0.25, 0.3) is 5.91 Å². The van der Waals surface area contributed by atoms with E-state index in [0.29, 0.717) is 22.9 Å². The smallest absolute Gasteiger partial charge is 0.417 e. The quantitative estimate of drug-likeness (QED) is 0.412. The van der Waals surface area contributed by atoms with Crippen LogP contribution in [0.15, 0.2) is 54.7 Å². The van der Waals surface area contributed by atoms with Gasteiger partial charge in [-0.2, -0.15) is 13.2 Å². The Bertz CT molecular complexity index is 1100. The number of carbonyl (C=O) groups excluding carboxylic acids is 2. The molecular formula is C20H16ClF3N4O3. The zero-order valence-electron chi connectivity index (χ0n) is 15.9. The van der Waals surface area contributed by atoms with Crippen LogP contribution in [0.3, 0.4) is 0 Å². The maximum Gasteiger partial charge on any atom is 0.417 e. The molecule has 1 heterocycles. The summed E-state index contributed by atoms with van der Waals surface area (Å²) in [5.41, 5.74) is -0.385. The molecule has 3 aromatic rings. The summed E-state index contributed by atoms with van der Waals surface area (Å²) in [6.45, 7) is 0. The molecule has 4 N–H and O–H groups in total. The maximum atomic E-state index is 12.9. The van der Waals surface area contributed by atoms with E-state index in [1.165, 1.54) is 25.4 Å². The number of alkyl halides is 3. The number of hydrogen-bond acceptors (Lipinski definition) is 3. The minimum atomic E-state index is -4.64. The first kappa shape index (κ1) is 22.0. The van der Waals surface area contributed by atoms with Crippen LogP contribution < -0.4 is 20.7 Å². The molecule has 0 spiro atoms. The van der Waals surface area contributed by atoms with Crippen LogP contribution in [0.1, 0.15) is 16.1 Å². The topological polar surface area (TPSA) is 95.2 Å². The number of amides is 3. The summed E-state index contributed by atoms with van der Waals surface area (Å²) in [7, 11) is 1.51. The highest BCUT2D eigenvalue weighted by Crippen LogP contribution is 2.36. The Hall–Kier alpha value is -3.66. The molecule has 1 aromatic heterocycles. The van der Waals surface area contributed by atoms with Crippen LogP contribution in [0.25, 0.3) is 0 Å². The van der Waals surface area contributed by atoms with Crippen LogP contribution in [0, 0.1) is 0 Å². The minimum absolute atomic E-state index is 0.0615. The van der Waals surface area contributed by atoms with Gasteiger partial charge in [-0.15, -0.1) is 0 Å². The van der Waals surface area contributed by atoms with E-state index in [9.17, 15) is 22.8 Å². The summed E-state index contributed by atoms with van der Waals surface area (Å²) in [5, 5.41) is 6.84. The van der Waals surface area contributed by atoms with Crippen LogP contribution in [-0.2, 0) is 6.18 Å². The Morgan fingerprint density at radius 1 is 0.968 bits per heavy atom. The van der Waals surface area contributed by atoms with Crippen molar-refractivity contribution in [2.45, 2.75) is 6.18 Å². The van der Waals surface area contributed by atoms with Crippen LogP contribution >= 0.6 is 11.6 Å². The van der Waals surface area contributed by atoms with Gasteiger partial charge in [0.2, 0.25) is 0 Å². The highest BCUT2D eigenvalue weighted by Gasteiger charge is 2.33. The Balaban J connectivity index is 1.60. The van der Waals surface area contributed by atoms with E-state index in [2.05, 4.69) is 20.9 Å². The summed E-state index contributed by atoms with van der Waals surface area (Å²) >= 11 is 5.56. The molecule has 0 aliphatic rings. The van der Waals surface area contributed by atoms with Crippen molar-refractivity contribution in [3.63, 3.8) is 0 Å². The molecule has 3 rings (SSSR count).